The fourth-order valence-corrected chi connectivity index (χ4v) is 3.88. The standard InChI is InChI=1S/C19H29BrN4O2/c1-4-26-18(25)24-11-9-14(10-12-24)23-17(21)22-13-19(2,3)15-7-5-6-8-16(15)20/h5-8,14H,4,9-13H2,1-3H3,(H3,21,22,23). The van der Waals surface area contributed by atoms with Crippen molar-refractivity contribution in [3.63, 3.8) is 0 Å². The van der Waals surface area contributed by atoms with E-state index in [2.05, 4.69) is 46.2 Å². The summed E-state index contributed by atoms with van der Waals surface area (Å²) < 4.78 is 6.12. The largest absolute Gasteiger partial charge is 0.450 e. The number of rotatable bonds is 5. The predicted molar refractivity (Wildman–Crippen MR) is 108 cm³/mol. The van der Waals surface area contributed by atoms with Gasteiger partial charge in [-0.3, -0.25) is 4.99 Å². The summed E-state index contributed by atoms with van der Waals surface area (Å²) in [6.07, 6.45) is 1.44. The van der Waals surface area contributed by atoms with Gasteiger partial charge in [0.2, 0.25) is 0 Å². The number of benzene rings is 1. The Bertz CT molecular complexity index is 640. The number of likely N-dealkylation sites (tertiary alicyclic amines) is 1. The number of nitrogens with two attached hydrogens (primary N) is 1. The van der Waals surface area contributed by atoms with Gasteiger partial charge in [-0.05, 0) is 31.4 Å². The zero-order valence-corrected chi connectivity index (χ0v) is 17.4. The smallest absolute Gasteiger partial charge is 0.409 e. The highest BCUT2D eigenvalue weighted by molar-refractivity contribution is 9.10. The molecule has 6 nitrogen and oxygen atoms in total. The van der Waals surface area contributed by atoms with Gasteiger partial charge in [-0.2, -0.15) is 0 Å². The van der Waals surface area contributed by atoms with Gasteiger partial charge in [-0.25, -0.2) is 4.79 Å². The number of guanidine groups is 1. The van der Waals surface area contributed by atoms with Gasteiger partial charge < -0.3 is 20.7 Å². The van der Waals surface area contributed by atoms with Gasteiger partial charge in [-0.15, -0.1) is 0 Å². The van der Waals surface area contributed by atoms with Gasteiger partial charge in [0.15, 0.2) is 5.96 Å². The number of nitrogens with zero attached hydrogens (tertiary/aromatic N) is 2. The number of aliphatic imine (C=N–C) groups is 1. The Labute approximate surface area is 164 Å². The number of halogens is 1. The zero-order chi connectivity index (χ0) is 19.2. The third-order valence-electron chi connectivity index (χ3n) is 4.62. The normalized spacial score (nSPS) is 16.5. The number of nitrogens with one attached hydrogen (secondary N) is 1. The summed E-state index contributed by atoms with van der Waals surface area (Å²) in [6.45, 7) is 8.47. The van der Waals surface area contributed by atoms with E-state index in [0.29, 0.717) is 32.2 Å². The molecule has 2 rings (SSSR count). The molecule has 1 saturated heterocycles. The fourth-order valence-electron chi connectivity index (χ4n) is 3.05. The molecule has 1 heterocycles. The number of hydrogen-bond acceptors (Lipinski definition) is 3. The van der Waals surface area contributed by atoms with Crippen LogP contribution in [0.2, 0.25) is 0 Å². The van der Waals surface area contributed by atoms with Crippen LogP contribution in [0.5, 0.6) is 0 Å². The van der Waals surface area contributed by atoms with E-state index in [1.54, 1.807) is 4.90 Å². The van der Waals surface area contributed by atoms with Crippen LogP contribution in [0.25, 0.3) is 0 Å². The average molecular weight is 425 g/mol. The first kappa shape index (κ1) is 20.6. The number of piperidine rings is 1. The molecule has 3 N–H and O–H groups in total. The Kier molecular flexibility index (Phi) is 7.32. The molecule has 1 aliphatic heterocycles. The summed E-state index contributed by atoms with van der Waals surface area (Å²) in [5, 5.41) is 3.29. The first-order valence-electron chi connectivity index (χ1n) is 9.06. The monoisotopic (exact) mass is 424 g/mol. The second-order valence-electron chi connectivity index (χ2n) is 7.17. The maximum atomic E-state index is 11.7. The molecule has 1 aliphatic rings. The summed E-state index contributed by atoms with van der Waals surface area (Å²) in [4.78, 5) is 18.0. The minimum absolute atomic E-state index is 0.125. The number of hydrogen-bond donors (Lipinski definition) is 2. The predicted octanol–water partition coefficient (Wildman–Crippen LogP) is 3.25. The van der Waals surface area contributed by atoms with Crippen molar-refractivity contribution in [2.24, 2.45) is 10.7 Å². The highest BCUT2D eigenvalue weighted by Gasteiger charge is 2.25. The zero-order valence-electron chi connectivity index (χ0n) is 15.8. The molecule has 1 fully saturated rings. The van der Waals surface area contributed by atoms with Crippen molar-refractivity contribution in [3.8, 4) is 0 Å². The minimum atomic E-state index is -0.234. The van der Waals surface area contributed by atoms with E-state index in [-0.39, 0.29) is 17.6 Å². The Balaban J connectivity index is 1.85. The van der Waals surface area contributed by atoms with Gasteiger partial charge >= 0.3 is 6.09 Å². The maximum absolute atomic E-state index is 11.7. The Hall–Kier alpha value is -1.76. The van der Waals surface area contributed by atoms with Crippen LogP contribution >= 0.6 is 15.9 Å². The molecule has 0 spiro atoms. The SMILES string of the molecule is CCOC(=O)N1CCC(NC(N)=NCC(C)(C)c2ccccc2Br)CC1. The average Bonchev–Trinajstić information content (AvgIpc) is 2.61. The molecule has 1 aromatic carbocycles. The Morgan fingerprint density at radius 2 is 2.04 bits per heavy atom. The van der Waals surface area contributed by atoms with Crippen LogP contribution in [0.3, 0.4) is 0 Å². The molecule has 7 heteroatoms. The van der Waals surface area contributed by atoms with Crippen molar-refractivity contribution in [3.05, 3.63) is 34.3 Å². The lowest BCUT2D eigenvalue weighted by Gasteiger charge is -2.32. The van der Waals surface area contributed by atoms with Crippen molar-refractivity contribution in [1.29, 1.82) is 0 Å². The summed E-state index contributed by atoms with van der Waals surface area (Å²) in [5.74, 6) is 0.458. The van der Waals surface area contributed by atoms with Crippen LogP contribution in [0.4, 0.5) is 4.79 Å². The van der Waals surface area contributed by atoms with Crippen LogP contribution in [-0.4, -0.2) is 49.2 Å². The van der Waals surface area contributed by atoms with Crippen molar-refractivity contribution in [2.75, 3.05) is 26.2 Å². The molecule has 1 aromatic rings. The van der Waals surface area contributed by atoms with E-state index in [4.69, 9.17) is 10.5 Å². The van der Waals surface area contributed by atoms with Crippen molar-refractivity contribution in [1.82, 2.24) is 10.2 Å². The molecule has 0 atom stereocenters. The lowest BCUT2D eigenvalue weighted by Crippen LogP contribution is -2.48. The molecular formula is C19H29BrN4O2. The van der Waals surface area contributed by atoms with Gasteiger partial charge in [0, 0.05) is 29.0 Å². The molecule has 0 radical (unpaired) electrons. The van der Waals surface area contributed by atoms with E-state index in [0.717, 1.165) is 17.3 Å². The van der Waals surface area contributed by atoms with Crippen LogP contribution in [-0.2, 0) is 10.2 Å². The Morgan fingerprint density at radius 3 is 2.65 bits per heavy atom. The van der Waals surface area contributed by atoms with Gasteiger partial charge in [-0.1, -0.05) is 48.0 Å². The number of amides is 1. The number of ether oxygens (including phenoxy) is 1. The highest BCUT2D eigenvalue weighted by Crippen LogP contribution is 2.30. The van der Waals surface area contributed by atoms with E-state index in [1.807, 2.05) is 25.1 Å². The molecular weight excluding hydrogens is 396 g/mol. The maximum Gasteiger partial charge on any atom is 0.409 e. The Morgan fingerprint density at radius 1 is 1.38 bits per heavy atom. The van der Waals surface area contributed by atoms with Crippen LogP contribution < -0.4 is 11.1 Å². The van der Waals surface area contributed by atoms with Crippen LogP contribution in [0.1, 0.15) is 39.2 Å². The van der Waals surface area contributed by atoms with Gasteiger partial charge in [0.25, 0.3) is 0 Å². The van der Waals surface area contributed by atoms with Crippen molar-refractivity contribution in [2.45, 2.75) is 45.1 Å². The summed E-state index contributed by atoms with van der Waals surface area (Å²) in [5.41, 5.74) is 7.17. The van der Waals surface area contributed by atoms with Crippen LogP contribution in [0, 0.1) is 0 Å². The molecule has 0 aromatic heterocycles. The lowest BCUT2D eigenvalue weighted by atomic mass is 9.85. The summed E-state index contributed by atoms with van der Waals surface area (Å²) >= 11 is 3.61. The third kappa shape index (κ3) is 5.62. The van der Waals surface area contributed by atoms with Gasteiger partial charge in [0.1, 0.15) is 0 Å². The van der Waals surface area contributed by atoms with E-state index < -0.39 is 0 Å². The van der Waals surface area contributed by atoms with E-state index >= 15 is 0 Å². The molecule has 0 bridgehead atoms. The molecule has 0 saturated carbocycles. The number of carbonyl (C=O) groups excluding carboxylic acids is 1. The molecule has 26 heavy (non-hydrogen) atoms. The van der Waals surface area contributed by atoms with Crippen molar-refractivity contribution < 1.29 is 9.53 Å². The molecule has 0 unspecified atom stereocenters. The first-order valence-corrected chi connectivity index (χ1v) is 9.86. The van der Waals surface area contributed by atoms with Crippen molar-refractivity contribution >= 4 is 28.0 Å². The fraction of sp³-hybridized carbons (Fsp3) is 0.579. The molecule has 144 valence electrons. The third-order valence-corrected chi connectivity index (χ3v) is 5.31. The second-order valence-corrected chi connectivity index (χ2v) is 8.02. The first-order chi connectivity index (χ1) is 12.3. The van der Waals surface area contributed by atoms with Gasteiger partial charge in [0.05, 0.1) is 13.2 Å². The second kappa shape index (κ2) is 9.26. The summed E-state index contributed by atoms with van der Waals surface area (Å²) in [6, 6.07) is 8.42. The minimum Gasteiger partial charge on any atom is -0.450 e. The summed E-state index contributed by atoms with van der Waals surface area (Å²) in [7, 11) is 0. The quantitative estimate of drug-likeness (QED) is 0.561. The molecule has 0 aliphatic carbocycles. The van der Waals surface area contributed by atoms with E-state index in [9.17, 15) is 4.79 Å². The topological polar surface area (TPSA) is 80.0 Å². The number of carbonyl (C=O) groups is 1. The van der Waals surface area contributed by atoms with E-state index in [1.165, 1.54) is 5.56 Å². The molecule has 1 amide bonds. The lowest BCUT2D eigenvalue weighted by molar-refractivity contribution is 0.0963. The van der Waals surface area contributed by atoms with Crippen LogP contribution in [0.15, 0.2) is 33.7 Å². The highest BCUT2D eigenvalue weighted by atomic mass is 79.9.